The van der Waals surface area contributed by atoms with E-state index in [-0.39, 0.29) is 5.91 Å². The Balaban J connectivity index is 1.87. The first kappa shape index (κ1) is 20.2. The predicted octanol–water partition coefficient (Wildman–Crippen LogP) is 2.75. The highest BCUT2D eigenvalue weighted by Crippen LogP contribution is 2.23. The summed E-state index contributed by atoms with van der Waals surface area (Å²) in [4.78, 5) is 27.4. The lowest BCUT2D eigenvalue weighted by Crippen LogP contribution is -2.40. The van der Waals surface area contributed by atoms with Gasteiger partial charge in [0.15, 0.2) is 0 Å². The molecule has 2 amide bonds. The first-order valence-electron chi connectivity index (χ1n) is 8.81. The lowest BCUT2D eigenvalue weighted by atomic mass is 9.89. The number of amides is 2. The molecule has 1 fully saturated rings. The summed E-state index contributed by atoms with van der Waals surface area (Å²) in [5.74, 6) is 0.239. The quantitative estimate of drug-likeness (QED) is 0.331. The van der Waals surface area contributed by atoms with Crippen molar-refractivity contribution >= 4 is 35.3 Å². The Hall–Kier alpha value is -2.12. The Kier molecular flexibility index (Phi) is 7.87. The molecule has 8 heteroatoms. The normalized spacial score (nSPS) is 16.3. The molecule has 2 rings (SSSR count). The number of aromatic nitrogens is 1. The monoisotopic (exact) mass is 380 g/mol. The Morgan fingerprint density at radius 2 is 2.12 bits per heavy atom. The van der Waals surface area contributed by atoms with Gasteiger partial charge in [-0.15, -0.1) is 0 Å². The van der Waals surface area contributed by atoms with E-state index in [1.165, 1.54) is 49.9 Å². The highest BCUT2D eigenvalue weighted by Gasteiger charge is 2.18. The van der Waals surface area contributed by atoms with Crippen molar-refractivity contribution in [1.82, 2.24) is 15.8 Å². The van der Waals surface area contributed by atoms with Crippen LogP contribution in [0.1, 0.15) is 44.6 Å². The van der Waals surface area contributed by atoms with Crippen LogP contribution in [0.15, 0.2) is 18.3 Å². The van der Waals surface area contributed by atoms with Gasteiger partial charge in [0.1, 0.15) is 11.9 Å². The maximum Gasteiger partial charge on any atom is 0.267 e. The molecule has 0 bridgehead atoms. The number of hydrogen-bond donors (Lipinski definition) is 4. The van der Waals surface area contributed by atoms with E-state index in [1.54, 1.807) is 13.0 Å². The summed E-state index contributed by atoms with van der Waals surface area (Å²) < 4.78 is 0. The van der Waals surface area contributed by atoms with E-state index >= 15 is 0 Å². The molecule has 1 aromatic heterocycles. The molecule has 7 nitrogen and oxygen atoms in total. The van der Waals surface area contributed by atoms with Crippen molar-refractivity contribution in [3.63, 3.8) is 0 Å². The molecule has 0 saturated heterocycles. The topological polar surface area (TPSA) is 103 Å². The third kappa shape index (κ3) is 6.31. The Bertz CT molecular complexity index is 660. The van der Waals surface area contributed by atoms with E-state index in [1.807, 2.05) is 0 Å². The number of carbonyl (C=O) groups excluding carboxylic acids is 2. The van der Waals surface area contributed by atoms with Crippen molar-refractivity contribution in [2.45, 2.75) is 45.1 Å². The highest BCUT2D eigenvalue weighted by molar-refractivity contribution is 6.33. The standard InChI is InChI=1S/C18H25ClN4O3/c1-12(18(25)21-10-13-5-3-2-4-6-13)22-17-15(19)9-14(11-20-17)7-8-16(24)23-26/h7-9,11-13,26H,2-6,10H2,1H3,(H,20,22)(H,21,25)(H,23,24)/t12-/m1/s1. The van der Waals surface area contributed by atoms with E-state index in [9.17, 15) is 9.59 Å². The molecule has 0 unspecified atom stereocenters. The molecule has 1 saturated carbocycles. The molecule has 1 aliphatic carbocycles. The second-order valence-corrected chi connectivity index (χ2v) is 6.93. The number of halogens is 1. The molecule has 0 radical (unpaired) electrons. The molecular weight excluding hydrogens is 356 g/mol. The van der Waals surface area contributed by atoms with Crippen molar-refractivity contribution in [2.24, 2.45) is 5.92 Å². The van der Waals surface area contributed by atoms with Crippen LogP contribution in [0.3, 0.4) is 0 Å². The second kappa shape index (κ2) is 10.1. The molecule has 26 heavy (non-hydrogen) atoms. The van der Waals surface area contributed by atoms with Gasteiger partial charge in [-0.1, -0.05) is 30.9 Å². The van der Waals surface area contributed by atoms with Crippen LogP contribution in [-0.2, 0) is 9.59 Å². The minimum absolute atomic E-state index is 0.0861. The average Bonchev–Trinajstić information content (AvgIpc) is 2.66. The van der Waals surface area contributed by atoms with Gasteiger partial charge < -0.3 is 10.6 Å². The van der Waals surface area contributed by atoms with Crippen molar-refractivity contribution in [3.8, 4) is 0 Å². The van der Waals surface area contributed by atoms with Gasteiger partial charge >= 0.3 is 0 Å². The summed E-state index contributed by atoms with van der Waals surface area (Å²) in [6.07, 6.45) is 10.3. The summed E-state index contributed by atoms with van der Waals surface area (Å²) >= 11 is 6.19. The van der Waals surface area contributed by atoms with Crippen LogP contribution in [-0.4, -0.2) is 34.6 Å². The summed E-state index contributed by atoms with van der Waals surface area (Å²) in [6, 6.07) is 1.15. The van der Waals surface area contributed by atoms with Gasteiger partial charge in [0.05, 0.1) is 5.02 Å². The van der Waals surface area contributed by atoms with E-state index < -0.39 is 11.9 Å². The van der Waals surface area contributed by atoms with Gasteiger partial charge in [-0.2, -0.15) is 0 Å². The average molecular weight is 381 g/mol. The molecule has 4 N–H and O–H groups in total. The SMILES string of the molecule is C[C@@H](Nc1ncc(C=CC(=O)NO)cc1Cl)C(=O)NCC1CCCCC1. The Labute approximate surface area is 158 Å². The van der Waals surface area contributed by atoms with Gasteiger partial charge in [0.25, 0.3) is 5.91 Å². The number of rotatable bonds is 7. The number of hydroxylamine groups is 1. The van der Waals surface area contributed by atoms with Gasteiger partial charge in [0.2, 0.25) is 5.91 Å². The Morgan fingerprint density at radius 1 is 1.38 bits per heavy atom. The minimum Gasteiger partial charge on any atom is -0.357 e. The van der Waals surface area contributed by atoms with Crippen LogP contribution in [0.5, 0.6) is 0 Å². The molecular formula is C18H25ClN4O3. The van der Waals surface area contributed by atoms with E-state index in [0.29, 0.717) is 28.9 Å². The lowest BCUT2D eigenvalue weighted by Gasteiger charge is -2.23. The summed E-state index contributed by atoms with van der Waals surface area (Å²) in [6.45, 7) is 2.47. The zero-order valence-electron chi connectivity index (χ0n) is 14.8. The zero-order chi connectivity index (χ0) is 18.9. The third-order valence-electron chi connectivity index (χ3n) is 4.44. The largest absolute Gasteiger partial charge is 0.357 e. The number of carbonyl (C=O) groups is 2. The molecule has 0 spiro atoms. The second-order valence-electron chi connectivity index (χ2n) is 6.52. The smallest absolute Gasteiger partial charge is 0.267 e. The van der Waals surface area contributed by atoms with E-state index in [2.05, 4.69) is 15.6 Å². The van der Waals surface area contributed by atoms with Crippen LogP contribution in [0.2, 0.25) is 5.02 Å². The maximum absolute atomic E-state index is 12.3. The summed E-state index contributed by atoms with van der Waals surface area (Å²) in [5, 5.41) is 14.8. The van der Waals surface area contributed by atoms with E-state index in [0.717, 1.165) is 6.08 Å². The molecule has 1 aliphatic rings. The van der Waals surface area contributed by atoms with E-state index in [4.69, 9.17) is 16.8 Å². The molecule has 1 heterocycles. The van der Waals surface area contributed by atoms with Crippen LogP contribution in [0.4, 0.5) is 5.82 Å². The first-order chi connectivity index (χ1) is 12.5. The predicted molar refractivity (Wildman–Crippen MR) is 101 cm³/mol. The van der Waals surface area contributed by atoms with Crippen LogP contribution >= 0.6 is 11.6 Å². The zero-order valence-corrected chi connectivity index (χ0v) is 15.6. The molecule has 142 valence electrons. The fourth-order valence-electron chi connectivity index (χ4n) is 2.92. The third-order valence-corrected chi connectivity index (χ3v) is 4.72. The number of nitrogens with one attached hydrogen (secondary N) is 3. The number of anilines is 1. The number of pyridine rings is 1. The van der Waals surface area contributed by atoms with Crippen molar-refractivity contribution in [2.75, 3.05) is 11.9 Å². The maximum atomic E-state index is 12.3. The van der Waals surface area contributed by atoms with Crippen LogP contribution in [0, 0.1) is 5.92 Å². The Morgan fingerprint density at radius 3 is 2.77 bits per heavy atom. The minimum atomic E-state index is -0.647. The van der Waals surface area contributed by atoms with Gasteiger partial charge in [-0.3, -0.25) is 14.8 Å². The molecule has 1 atom stereocenters. The molecule has 0 aliphatic heterocycles. The summed E-state index contributed by atoms with van der Waals surface area (Å²) in [5.41, 5.74) is 2.10. The van der Waals surface area contributed by atoms with Crippen molar-refractivity contribution in [3.05, 3.63) is 28.9 Å². The van der Waals surface area contributed by atoms with Gasteiger partial charge in [-0.05, 0) is 43.4 Å². The number of hydrogen-bond acceptors (Lipinski definition) is 5. The lowest BCUT2D eigenvalue weighted by molar-refractivity contribution is -0.124. The van der Waals surface area contributed by atoms with Crippen LogP contribution < -0.4 is 16.1 Å². The molecule has 0 aromatic carbocycles. The summed E-state index contributed by atoms with van der Waals surface area (Å²) in [7, 11) is 0. The number of nitrogens with zero attached hydrogens (tertiary/aromatic N) is 1. The fourth-order valence-corrected chi connectivity index (χ4v) is 3.15. The van der Waals surface area contributed by atoms with Crippen molar-refractivity contribution in [1.29, 1.82) is 0 Å². The first-order valence-corrected chi connectivity index (χ1v) is 9.19. The highest BCUT2D eigenvalue weighted by atomic mass is 35.5. The fraction of sp³-hybridized carbons (Fsp3) is 0.500. The molecule has 1 aromatic rings. The van der Waals surface area contributed by atoms with Crippen molar-refractivity contribution < 1.29 is 14.8 Å². The van der Waals surface area contributed by atoms with Crippen LogP contribution in [0.25, 0.3) is 6.08 Å². The van der Waals surface area contributed by atoms with Gasteiger partial charge in [0, 0.05) is 18.8 Å². The van der Waals surface area contributed by atoms with Gasteiger partial charge in [-0.25, -0.2) is 10.5 Å².